The number of ether oxygens (including phenoxy) is 1. The molecule has 0 spiro atoms. The van der Waals surface area contributed by atoms with Crippen molar-refractivity contribution in [3.63, 3.8) is 0 Å². The Morgan fingerprint density at radius 3 is 2.44 bits per heavy atom. The van der Waals surface area contributed by atoms with E-state index in [0.29, 0.717) is 0 Å². The third kappa shape index (κ3) is 3.60. The van der Waals surface area contributed by atoms with E-state index in [9.17, 15) is 23.7 Å². The Hall–Kier alpha value is -3.36. The van der Waals surface area contributed by atoms with Crippen molar-refractivity contribution in [3.05, 3.63) is 69.8 Å². The zero-order valence-electron chi connectivity index (χ0n) is 12.6. The first-order valence-electron chi connectivity index (χ1n) is 7.18. The number of hydrogen-bond donors (Lipinski definition) is 0. The highest BCUT2D eigenvalue weighted by Crippen LogP contribution is 2.30. The van der Waals surface area contributed by atoms with Crippen LogP contribution in [0, 0.1) is 21.7 Å². The van der Waals surface area contributed by atoms with Crippen molar-refractivity contribution in [2.45, 2.75) is 12.5 Å². The predicted octanol–water partition coefficient (Wildman–Crippen LogP) is 3.80. The monoisotopic (exact) mass is 347 g/mol. The predicted molar refractivity (Wildman–Crippen MR) is 83.2 cm³/mol. The van der Waals surface area contributed by atoms with Gasteiger partial charge < -0.3 is 4.74 Å². The molecule has 1 amide bonds. The molecule has 7 nitrogen and oxygen atoms in total. The molecule has 0 radical (unpaired) electrons. The largest absolute Gasteiger partial charge is 0.436 e. The highest BCUT2D eigenvalue weighted by Gasteiger charge is 2.30. The Labute approximate surface area is 140 Å². The second-order valence-corrected chi connectivity index (χ2v) is 5.22. The van der Waals surface area contributed by atoms with Gasteiger partial charge in [-0.05, 0) is 29.8 Å². The van der Waals surface area contributed by atoms with Crippen molar-refractivity contribution >= 4 is 18.0 Å². The number of benzene rings is 2. The van der Waals surface area contributed by atoms with E-state index in [2.05, 4.69) is 5.10 Å². The van der Waals surface area contributed by atoms with Gasteiger partial charge in [0.05, 0.1) is 11.0 Å². The van der Waals surface area contributed by atoms with Gasteiger partial charge in [0.25, 0.3) is 5.69 Å². The van der Waals surface area contributed by atoms with Crippen LogP contribution < -0.4 is 4.74 Å². The average molecular weight is 347 g/mol. The van der Waals surface area contributed by atoms with E-state index in [1.165, 1.54) is 30.5 Å². The van der Waals surface area contributed by atoms with E-state index in [1.807, 2.05) is 0 Å². The second kappa shape index (κ2) is 6.63. The smallest absolute Gasteiger partial charge is 0.409 e. The molecule has 1 atom stereocenters. The van der Waals surface area contributed by atoms with Gasteiger partial charge in [-0.3, -0.25) is 10.1 Å². The van der Waals surface area contributed by atoms with E-state index >= 15 is 0 Å². The third-order valence-corrected chi connectivity index (χ3v) is 3.54. The number of rotatable bonds is 3. The minimum absolute atomic E-state index is 0.0851. The normalized spacial score (nSPS) is 16.1. The molecule has 0 fully saturated rings. The van der Waals surface area contributed by atoms with E-state index in [1.54, 1.807) is 0 Å². The molecular weight excluding hydrogens is 336 g/mol. The molecule has 1 unspecified atom stereocenters. The second-order valence-electron chi connectivity index (χ2n) is 5.22. The first-order valence-corrected chi connectivity index (χ1v) is 7.18. The summed E-state index contributed by atoms with van der Waals surface area (Å²) in [6.07, 6.45) is 0.848. The number of nitrogens with zero attached hydrogens (tertiary/aromatic N) is 3. The standard InChI is InChI=1S/C16H11F2N3O4/c17-11-7-10(8-12(18)9-11)15-5-6-19-20(15)16(22)25-14-3-1-13(2-4-14)21(23)24/h1-4,6-9,15H,5H2. The van der Waals surface area contributed by atoms with Gasteiger partial charge in [-0.15, -0.1) is 0 Å². The summed E-state index contributed by atoms with van der Waals surface area (Å²) in [6.45, 7) is 0. The van der Waals surface area contributed by atoms with Gasteiger partial charge >= 0.3 is 6.09 Å². The molecule has 0 N–H and O–H groups in total. The van der Waals surface area contributed by atoms with Crippen LogP contribution in [-0.4, -0.2) is 22.2 Å². The molecule has 0 aromatic heterocycles. The summed E-state index contributed by atoms with van der Waals surface area (Å²) in [4.78, 5) is 22.3. The first-order chi connectivity index (χ1) is 11.9. The number of carbonyl (C=O) groups is 1. The van der Waals surface area contributed by atoms with Crippen molar-refractivity contribution in [1.82, 2.24) is 5.01 Å². The molecule has 0 aliphatic carbocycles. The van der Waals surface area contributed by atoms with Crippen LogP contribution >= 0.6 is 0 Å². The molecule has 128 valence electrons. The Balaban J connectivity index is 1.76. The lowest BCUT2D eigenvalue weighted by Gasteiger charge is -2.21. The van der Waals surface area contributed by atoms with E-state index < -0.39 is 28.7 Å². The summed E-state index contributed by atoms with van der Waals surface area (Å²) < 4.78 is 31.9. The number of hydrogen-bond acceptors (Lipinski definition) is 5. The molecule has 3 rings (SSSR count). The lowest BCUT2D eigenvalue weighted by Crippen LogP contribution is -2.30. The van der Waals surface area contributed by atoms with Crippen LogP contribution in [0.4, 0.5) is 19.3 Å². The van der Waals surface area contributed by atoms with Gasteiger partial charge in [-0.1, -0.05) is 0 Å². The first kappa shape index (κ1) is 16.5. The molecule has 2 aromatic carbocycles. The summed E-state index contributed by atoms with van der Waals surface area (Å²) in [5.41, 5.74) is 0.0998. The summed E-state index contributed by atoms with van der Waals surface area (Å²) in [7, 11) is 0. The van der Waals surface area contributed by atoms with Gasteiger partial charge in [0.15, 0.2) is 0 Å². The Morgan fingerprint density at radius 2 is 1.84 bits per heavy atom. The zero-order valence-corrected chi connectivity index (χ0v) is 12.6. The fourth-order valence-corrected chi connectivity index (χ4v) is 2.42. The van der Waals surface area contributed by atoms with Crippen LogP contribution in [-0.2, 0) is 0 Å². The Morgan fingerprint density at radius 1 is 1.20 bits per heavy atom. The van der Waals surface area contributed by atoms with Gasteiger partial charge in [0.1, 0.15) is 17.4 Å². The molecule has 1 aliphatic heterocycles. The topological polar surface area (TPSA) is 85.0 Å². The van der Waals surface area contributed by atoms with Gasteiger partial charge in [0.2, 0.25) is 0 Å². The number of hydrazone groups is 1. The Kier molecular flexibility index (Phi) is 4.38. The van der Waals surface area contributed by atoms with Gasteiger partial charge in [0, 0.05) is 30.8 Å². The summed E-state index contributed by atoms with van der Waals surface area (Å²) in [5, 5.41) is 15.5. The number of amides is 1. The molecule has 0 saturated heterocycles. The Bertz CT molecular complexity index is 835. The number of nitro groups is 1. The van der Waals surface area contributed by atoms with Crippen molar-refractivity contribution in [1.29, 1.82) is 0 Å². The lowest BCUT2D eigenvalue weighted by atomic mass is 10.0. The fourth-order valence-electron chi connectivity index (χ4n) is 2.42. The number of carbonyl (C=O) groups excluding carboxylic acids is 1. The van der Waals surface area contributed by atoms with Crippen LogP contribution in [0.25, 0.3) is 0 Å². The summed E-state index contributed by atoms with van der Waals surface area (Å²) in [6, 6.07) is 7.20. The highest BCUT2D eigenvalue weighted by atomic mass is 19.1. The third-order valence-electron chi connectivity index (χ3n) is 3.54. The maximum atomic E-state index is 13.4. The van der Waals surface area contributed by atoms with Crippen molar-refractivity contribution < 1.29 is 23.2 Å². The van der Waals surface area contributed by atoms with Crippen molar-refractivity contribution in [2.24, 2.45) is 5.10 Å². The van der Waals surface area contributed by atoms with Gasteiger partial charge in [-0.2, -0.15) is 10.1 Å². The SMILES string of the molecule is O=C(Oc1ccc([N+](=O)[O-])cc1)N1N=CCC1c1cc(F)cc(F)c1. The number of halogens is 2. The number of non-ortho nitro benzene ring substituents is 1. The maximum Gasteiger partial charge on any atom is 0.436 e. The van der Waals surface area contributed by atoms with Crippen LogP contribution in [0.2, 0.25) is 0 Å². The summed E-state index contributed by atoms with van der Waals surface area (Å²) in [5.74, 6) is -1.43. The lowest BCUT2D eigenvalue weighted by molar-refractivity contribution is -0.384. The van der Waals surface area contributed by atoms with Crippen molar-refractivity contribution in [2.75, 3.05) is 0 Å². The molecule has 1 heterocycles. The van der Waals surface area contributed by atoms with E-state index in [4.69, 9.17) is 4.74 Å². The molecule has 0 bridgehead atoms. The van der Waals surface area contributed by atoms with Crippen LogP contribution in [0.1, 0.15) is 18.0 Å². The van der Waals surface area contributed by atoms with Crippen LogP contribution in [0.15, 0.2) is 47.6 Å². The van der Waals surface area contributed by atoms with E-state index in [-0.39, 0.29) is 23.4 Å². The average Bonchev–Trinajstić information content (AvgIpc) is 3.04. The maximum absolute atomic E-state index is 13.4. The minimum atomic E-state index is -0.864. The van der Waals surface area contributed by atoms with Crippen LogP contribution in [0.3, 0.4) is 0 Å². The fraction of sp³-hybridized carbons (Fsp3) is 0.125. The molecule has 25 heavy (non-hydrogen) atoms. The van der Waals surface area contributed by atoms with E-state index in [0.717, 1.165) is 23.2 Å². The molecule has 9 heteroatoms. The van der Waals surface area contributed by atoms with Gasteiger partial charge in [-0.25, -0.2) is 13.6 Å². The zero-order chi connectivity index (χ0) is 18.0. The molecule has 2 aromatic rings. The summed E-state index contributed by atoms with van der Waals surface area (Å²) >= 11 is 0. The molecule has 1 aliphatic rings. The van der Waals surface area contributed by atoms with Crippen LogP contribution in [0.5, 0.6) is 5.75 Å². The number of nitro benzene ring substituents is 1. The molecular formula is C16H11F2N3O4. The molecule has 0 saturated carbocycles. The quantitative estimate of drug-likeness (QED) is 0.624. The van der Waals surface area contributed by atoms with Crippen molar-refractivity contribution in [3.8, 4) is 5.75 Å². The highest BCUT2D eigenvalue weighted by molar-refractivity contribution is 5.75. The minimum Gasteiger partial charge on any atom is -0.409 e.